The molecule has 1 N–H and O–H groups in total. The topological polar surface area (TPSA) is 37.3 Å². The van der Waals surface area contributed by atoms with Gasteiger partial charge in [-0.15, -0.1) is 0 Å². The van der Waals surface area contributed by atoms with Crippen molar-refractivity contribution in [2.75, 3.05) is 0 Å². The van der Waals surface area contributed by atoms with Crippen molar-refractivity contribution >= 4 is 5.97 Å². The second-order valence-corrected chi connectivity index (χ2v) is 7.17. The van der Waals surface area contributed by atoms with Gasteiger partial charge in [-0.05, 0) is 18.3 Å². The van der Waals surface area contributed by atoms with E-state index in [9.17, 15) is 4.79 Å². The Bertz CT molecular complexity index is 228. The Balaban J connectivity index is 3.17. The largest absolute Gasteiger partial charge is 0.481 e. The number of unbranched alkanes of at least 4 members (excludes halogenated alkanes) is 7. The molecule has 2 nitrogen and oxygen atoms in total. The van der Waals surface area contributed by atoms with Gasteiger partial charge in [-0.25, -0.2) is 0 Å². The van der Waals surface area contributed by atoms with E-state index in [0.29, 0.717) is 5.41 Å². The third-order valence-electron chi connectivity index (χ3n) is 3.74. The summed E-state index contributed by atoms with van der Waals surface area (Å²) in [6.45, 7) is 8.74. The lowest BCUT2D eigenvalue weighted by molar-refractivity contribution is -0.141. The van der Waals surface area contributed by atoms with Gasteiger partial charge < -0.3 is 5.11 Å². The average molecular weight is 270 g/mol. The lowest BCUT2D eigenvalue weighted by Gasteiger charge is -2.17. The fourth-order valence-corrected chi connectivity index (χ4v) is 2.29. The highest BCUT2D eigenvalue weighted by atomic mass is 16.4. The van der Waals surface area contributed by atoms with E-state index in [1.54, 1.807) is 6.92 Å². The molecule has 114 valence electrons. The van der Waals surface area contributed by atoms with Crippen LogP contribution < -0.4 is 0 Å². The van der Waals surface area contributed by atoms with Crippen LogP contribution in [0, 0.1) is 11.3 Å². The zero-order valence-electron chi connectivity index (χ0n) is 13.5. The predicted molar refractivity (Wildman–Crippen MR) is 82.4 cm³/mol. The van der Waals surface area contributed by atoms with Crippen molar-refractivity contribution < 1.29 is 9.90 Å². The Morgan fingerprint density at radius 3 is 1.74 bits per heavy atom. The van der Waals surface area contributed by atoms with Crippen LogP contribution in [0.4, 0.5) is 0 Å². The second-order valence-electron chi connectivity index (χ2n) is 7.17. The fourth-order valence-electron chi connectivity index (χ4n) is 2.29. The first-order valence-corrected chi connectivity index (χ1v) is 8.06. The summed E-state index contributed by atoms with van der Waals surface area (Å²) in [6, 6.07) is 0. The van der Waals surface area contributed by atoms with Crippen molar-refractivity contribution in [3.63, 3.8) is 0 Å². The summed E-state index contributed by atoms with van der Waals surface area (Å²) in [5.41, 5.74) is 0.487. The van der Waals surface area contributed by atoms with E-state index < -0.39 is 5.97 Å². The van der Waals surface area contributed by atoms with Crippen molar-refractivity contribution in [1.29, 1.82) is 0 Å². The molecular formula is C17H34O2. The van der Waals surface area contributed by atoms with E-state index in [-0.39, 0.29) is 5.92 Å². The normalized spacial score (nSPS) is 13.5. The third kappa shape index (κ3) is 13.7. The highest BCUT2D eigenvalue weighted by molar-refractivity contribution is 5.69. The van der Waals surface area contributed by atoms with Crippen LogP contribution >= 0.6 is 0 Å². The lowest BCUT2D eigenvalue weighted by Crippen LogP contribution is -2.08. The Hall–Kier alpha value is -0.530. The highest BCUT2D eigenvalue weighted by Crippen LogP contribution is 2.22. The van der Waals surface area contributed by atoms with Gasteiger partial charge in [0.25, 0.3) is 0 Å². The minimum Gasteiger partial charge on any atom is -0.481 e. The molecule has 1 unspecified atom stereocenters. The molecular weight excluding hydrogens is 236 g/mol. The first-order chi connectivity index (χ1) is 8.83. The molecule has 0 spiro atoms. The van der Waals surface area contributed by atoms with E-state index in [1.807, 2.05) is 0 Å². The molecule has 0 fully saturated rings. The first kappa shape index (κ1) is 18.5. The monoisotopic (exact) mass is 270 g/mol. The van der Waals surface area contributed by atoms with Gasteiger partial charge in [-0.1, -0.05) is 79.1 Å². The number of aliphatic carboxylic acids is 1. The van der Waals surface area contributed by atoms with E-state index in [1.165, 1.54) is 51.4 Å². The molecule has 19 heavy (non-hydrogen) atoms. The summed E-state index contributed by atoms with van der Waals surface area (Å²) in [5, 5.41) is 8.76. The number of carbonyl (C=O) groups is 1. The van der Waals surface area contributed by atoms with Gasteiger partial charge in [-0.3, -0.25) is 4.79 Å². The van der Waals surface area contributed by atoms with Gasteiger partial charge in [0.1, 0.15) is 0 Å². The van der Waals surface area contributed by atoms with Crippen LogP contribution in [-0.4, -0.2) is 11.1 Å². The Morgan fingerprint density at radius 1 is 0.895 bits per heavy atom. The van der Waals surface area contributed by atoms with Crippen LogP contribution in [0.5, 0.6) is 0 Å². The molecule has 2 heteroatoms. The van der Waals surface area contributed by atoms with Gasteiger partial charge in [0.15, 0.2) is 0 Å². The Morgan fingerprint density at radius 2 is 1.32 bits per heavy atom. The van der Waals surface area contributed by atoms with E-state index in [0.717, 1.165) is 12.8 Å². The Kier molecular flexibility index (Phi) is 9.99. The molecule has 0 bridgehead atoms. The van der Waals surface area contributed by atoms with Crippen LogP contribution in [0.25, 0.3) is 0 Å². The fraction of sp³-hybridized carbons (Fsp3) is 0.941. The SMILES string of the molecule is CC(CCCCCCCCCCC(C)(C)C)C(=O)O. The van der Waals surface area contributed by atoms with Crippen LogP contribution in [0.1, 0.15) is 91.9 Å². The van der Waals surface area contributed by atoms with E-state index in [2.05, 4.69) is 20.8 Å². The maximum absolute atomic E-state index is 10.6. The van der Waals surface area contributed by atoms with Crippen molar-refractivity contribution in [3.05, 3.63) is 0 Å². The van der Waals surface area contributed by atoms with Crippen molar-refractivity contribution in [2.24, 2.45) is 11.3 Å². The summed E-state index contributed by atoms with van der Waals surface area (Å²) in [4.78, 5) is 10.6. The van der Waals surface area contributed by atoms with Crippen molar-refractivity contribution in [1.82, 2.24) is 0 Å². The van der Waals surface area contributed by atoms with Crippen LogP contribution in [0.2, 0.25) is 0 Å². The number of hydrogen-bond donors (Lipinski definition) is 1. The van der Waals surface area contributed by atoms with Gasteiger partial charge in [0.2, 0.25) is 0 Å². The quantitative estimate of drug-likeness (QED) is 0.492. The molecule has 0 aliphatic rings. The summed E-state index contributed by atoms with van der Waals surface area (Å²) in [6.07, 6.45) is 12.5. The molecule has 0 aromatic carbocycles. The molecule has 0 heterocycles. The van der Waals surface area contributed by atoms with E-state index >= 15 is 0 Å². The van der Waals surface area contributed by atoms with Crippen molar-refractivity contribution in [2.45, 2.75) is 91.9 Å². The van der Waals surface area contributed by atoms with Gasteiger partial charge in [0.05, 0.1) is 5.92 Å². The lowest BCUT2D eigenvalue weighted by atomic mass is 9.89. The van der Waals surface area contributed by atoms with Crippen molar-refractivity contribution in [3.8, 4) is 0 Å². The molecule has 0 saturated heterocycles. The van der Waals surface area contributed by atoms with Gasteiger partial charge in [0, 0.05) is 0 Å². The third-order valence-corrected chi connectivity index (χ3v) is 3.74. The molecule has 0 rings (SSSR count). The first-order valence-electron chi connectivity index (χ1n) is 8.06. The molecule has 0 aliphatic heterocycles. The number of rotatable bonds is 11. The predicted octanol–water partition coefficient (Wildman–Crippen LogP) is 5.65. The maximum Gasteiger partial charge on any atom is 0.306 e. The maximum atomic E-state index is 10.6. The second kappa shape index (κ2) is 10.3. The summed E-state index contributed by atoms with van der Waals surface area (Å²) < 4.78 is 0. The van der Waals surface area contributed by atoms with Gasteiger partial charge in [-0.2, -0.15) is 0 Å². The molecule has 0 saturated carbocycles. The minimum absolute atomic E-state index is 0.169. The summed E-state index contributed by atoms with van der Waals surface area (Å²) in [5.74, 6) is -0.823. The number of carboxylic acids is 1. The van der Waals surface area contributed by atoms with Crippen LogP contribution in [0.3, 0.4) is 0 Å². The summed E-state index contributed by atoms with van der Waals surface area (Å²) >= 11 is 0. The van der Waals surface area contributed by atoms with Crippen LogP contribution in [-0.2, 0) is 4.79 Å². The molecule has 0 aliphatic carbocycles. The zero-order chi connectivity index (χ0) is 14.7. The molecule has 1 atom stereocenters. The molecule has 0 aromatic heterocycles. The molecule has 0 amide bonds. The zero-order valence-corrected chi connectivity index (χ0v) is 13.5. The highest BCUT2D eigenvalue weighted by Gasteiger charge is 2.09. The van der Waals surface area contributed by atoms with Gasteiger partial charge >= 0.3 is 5.97 Å². The molecule has 0 aromatic rings. The van der Waals surface area contributed by atoms with E-state index in [4.69, 9.17) is 5.11 Å². The smallest absolute Gasteiger partial charge is 0.306 e. The summed E-state index contributed by atoms with van der Waals surface area (Å²) in [7, 11) is 0. The standard InChI is InChI=1S/C17H34O2/c1-15(16(18)19)13-11-9-7-5-6-8-10-12-14-17(2,3)4/h15H,5-14H2,1-4H3,(H,18,19). The Labute approximate surface area is 120 Å². The number of carboxylic acid groups (broad SMARTS) is 1. The number of hydrogen-bond acceptors (Lipinski definition) is 1. The van der Waals surface area contributed by atoms with Crippen LogP contribution in [0.15, 0.2) is 0 Å². The minimum atomic E-state index is -0.654. The average Bonchev–Trinajstić information content (AvgIpc) is 2.29. The molecule has 0 radical (unpaired) electrons.